The minimum Gasteiger partial charge on any atom is -0.508 e. The van der Waals surface area contributed by atoms with Crippen molar-refractivity contribution < 1.29 is 5.11 Å². The van der Waals surface area contributed by atoms with Gasteiger partial charge in [-0.1, -0.05) is 12.1 Å². The number of aromatic amines is 1. The molecule has 1 heterocycles. The number of phenols is 1. The van der Waals surface area contributed by atoms with E-state index in [0.717, 1.165) is 24.1 Å². The molecule has 1 atom stereocenters. The first-order valence-electron chi connectivity index (χ1n) is 5.83. The van der Waals surface area contributed by atoms with Crippen molar-refractivity contribution in [3.8, 4) is 17.0 Å². The number of nitrogens with one attached hydrogen (secondary N) is 2. The van der Waals surface area contributed by atoms with Gasteiger partial charge in [-0.05, 0) is 32.0 Å². The van der Waals surface area contributed by atoms with Crippen LogP contribution in [0.15, 0.2) is 24.3 Å². The Morgan fingerprint density at radius 1 is 1.47 bits per heavy atom. The van der Waals surface area contributed by atoms with Gasteiger partial charge in [-0.3, -0.25) is 5.10 Å². The largest absolute Gasteiger partial charge is 0.508 e. The molecule has 1 aromatic carbocycles. The van der Waals surface area contributed by atoms with Crippen LogP contribution in [0.25, 0.3) is 11.3 Å². The molecule has 3 N–H and O–H groups in total. The van der Waals surface area contributed by atoms with E-state index in [0.29, 0.717) is 6.04 Å². The van der Waals surface area contributed by atoms with Crippen LogP contribution in [0.2, 0.25) is 0 Å². The number of aromatic hydroxyl groups is 1. The minimum absolute atomic E-state index is 0.276. The van der Waals surface area contributed by atoms with Crippen molar-refractivity contribution in [2.75, 3.05) is 7.05 Å². The maximum absolute atomic E-state index is 9.53. The summed E-state index contributed by atoms with van der Waals surface area (Å²) in [6.07, 6.45) is 2.14. The molecule has 0 aliphatic heterocycles. The molecule has 0 amide bonds. The lowest BCUT2D eigenvalue weighted by atomic mass is 10.0. The maximum Gasteiger partial charge on any atom is 0.116 e. The monoisotopic (exact) mass is 229 g/mol. The summed E-state index contributed by atoms with van der Waals surface area (Å²) in [6, 6.07) is 7.60. The summed E-state index contributed by atoms with van der Waals surface area (Å²) in [7, 11) is 1.97. The third-order valence-electron chi connectivity index (χ3n) is 3.38. The lowest BCUT2D eigenvalue weighted by Crippen LogP contribution is -2.13. The van der Waals surface area contributed by atoms with Crippen LogP contribution in [0, 0.1) is 0 Å². The first kappa shape index (κ1) is 10.4. The molecule has 4 heteroatoms. The Labute approximate surface area is 99.7 Å². The molecule has 4 nitrogen and oxygen atoms in total. The van der Waals surface area contributed by atoms with Crippen molar-refractivity contribution in [3.63, 3.8) is 0 Å². The van der Waals surface area contributed by atoms with Gasteiger partial charge in [0.1, 0.15) is 5.75 Å². The van der Waals surface area contributed by atoms with Crippen LogP contribution >= 0.6 is 0 Å². The van der Waals surface area contributed by atoms with Gasteiger partial charge in [-0.25, -0.2) is 0 Å². The Morgan fingerprint density at radius 2 is 2.35 bits per heavy atom. The van der Waals surface area contributed by atoms with E-state index in [1.165, 1.54) is 11.3 Å². The van der Waals surface area contributed by atoms with Gasteiger partial charge in [-0.15, -0.1) is 0 Å². The number of hydrogen-bond acceptors (Lipinski definition) is 3. The van der Waals surface area contributed by atoms with E-state index in [1.807, 2.05) is 19.2 Å². The third-order valence-corrected chi connectivity index (χ3v) is 3.38. The van der Waals surface area contributed by atoms with Gasteiger partial charge in [0.15, 0.2) is 0 Å². The lowest BCUT2D eigenvalue weighted by Gasteiger charge is -2.10. The molecule has 2 aromatic rings. The van der Waals surface area contributed by atoms with Crippen LogP contribution in [0.5, 0.6) is 5.75 Å². The minimum atomic E-state index is 0.276. The van der Waals surface area contributed by atoms with Crippen molar-refractivity contribution in [3.05, 3.63) is 35.5 Å². The van der Waals surface area contributed by atoms with Crippen LogP contribution in [0.3, 0.4) is 0 Å². The van der Waals surface area contributed by atoms with Crippen LogP contribution in [-0.4, -0.2) is 22.4 Å². The Morgan fingerprint density at radius 3 is 3.12 bits per heavy atom. The average molecular weight is 229 g/mol. The number of H-pyrrole nitrogens is 1. The zero-order valence-electron chi connectivity index (χ0n) is 9.70. The maximum atomic E-state index is 9.53. The van der Waals surface area contributed by atoms with Gasteiger partial charge >= 0.3 is 0 Å². The second-order valence-electron chi connectivity index (χ2n) is 4.39. The molecule has 0 fully saturated rings. The topological polar surface area (TPSA) is 60.9 Å². The molecule has 0 saturated heterocycles. The molecule has 17 heavy (non-hydrogen) atoms. The van der Waals surface area contributed by atoms with Crippen molar-refractivity contribution in [2.24, 2.45) is 0 Å². The van der Waals surface area contributed by atoms with Gasteiger partial charge in [0.2, 0.25) is 0 Å². The van der Waals surface area contributed by atoms with E-state index in [4.69, 9.17) is 0 Å². The Balaban J connectivity index is 2.11. The van der Waals surface area contributed by atoms with Crippen molar-refractivity contribution in [2.45, 2.75) is 18.9 Å². The highest BCUT2D eigenvalue weighted by molar-refractivity contribution is 5.67. The number of aromatic nitrogens is 2. The molecule has 88 valence electrons. The second-order valence-corrected chi connectivity index (χ2v) is 4.39. The molecular formula is C13H15N3O. The summed E-state index contributed by atoms with van der Waals surface area (Å²) < 4.78 is 0. The zero-order valence-corrected chi connectivity index (χ0v) is 9.70. The van der Waals surface area contributed by atoms with Gasteiger partial charge < -0.3 is 10.4 Å². The summed E-state index contributed by atoms with van der Waals surface area (Å²) in [6.45, 7) is 0. The summed E-state index contributed by atoms with van der Waals surface area (Å²) in [5, 5.41) is 20.3. The first-order valence-corrected chi connectivity index (χ1v) is 5.83. The van der Waals surface area contributed by atoms with Crippen LogP contribution in [0.4, 0.5) is 0 Å². The Bertz CT molecular complexity index is 547. The predicted molar refractivity (Wildman–Crippen MR) is 65.8 cm³/mol. The first-order chi connectivity index (χ1) is 8.29. The third kappa shape index (κ3) is 1.61. The van der Waals surface area contributed by atoms with E-state index in [2.05, 4.69) is 15.5 Å². The fourth-order valence-corrected chi connectivity index (χ4v) is 2.55. The average Bonchev–Trinajstić information content (AvgIpc) is 2.89. The molecule has 0 saturated carbocycles. The number of benzene rings is 1. The molecule has 0 radical (unpaired) electrons. The Hall–Kier alpha value is -1.81. The molecule has 1 aliphatic carbocycles. The van der Waals surface area contributed by atoms with Gasteiger partial charge in [0, 0.05) is 22.9 Å². The highest BCUT2D eigenvalue weighted by atomic mass is 16.3. The number of phenolic OH excluding ortho intramolecular Hbond substituents is 1. The predicted octanol–water partition coefficient (Wildman–Crippen LogP) is 1.99. The smallest absolute Gasteiger partial charge is 0.116 e. The standard InChI is InChI=1S/C13H15N3O/c1-14-10-5-6-11-12(10)13(16-15-11)8-3-2-4-9(17)7-8/h2-4,7,10,14,17H,5-6H2,1H3,(H,15,16). The van der Waals surface area contributed by atoms with E-state index in [-0.39, 0.29) is 5.75 Å². The zero-order chi connectivity index (χ0) is 11.8. The quantitative estimate of drug-likeness (QED) is 0.738. The van der Waals surface area contributed by atoms with E-state index in [1.54, 1.807) is 12.1 Å². The summed E-state index contributed by atoms with van der Waals surface area (Å²) in [5.74, 6) is 0.276. The Kier molecular flexibility index (Phi) is 2.37. The van der Waals surface area contributed by atoms with E-state index in [9.17, 15) is 5.11 Å². The SMILES string of the molecule is CNC1CCc2[nH]nc(-c3cccc(O)c3)c21. The molecule has 1 unspecified atom stereocenters. The number of nitrogens with zero attached hydrogens (tertiary/aromatic N) is 1. The van der Waals surface area contributed by atoms with Crippen LogP contribution < -0.4 is 5.32 Å². The molecular weight excluding hydrogens is 214 g/mol. The van der Waals surface area contributed by atoms with E-state index < -0.39 is 0 Å². The van der Waals surface area contributed by atoms with Gasteiger partial charge in [-0.2, -0.15) is 5.10 Å². The van der Waals surface area contributed by atoms with Crippen molar-refractivity contribution in [1.29, 1.82) is 0 Å². The highest BCUT2D eigenvalue weighted by Crippen LogP contribution is 2.37. The summed E-state index contributed by atoms with van der Waals surface area (Å²) in [5.41, 5.74) is 4.37. The van der Waals surface area contributed by atoms with Crippen molar-refractivity contribution in [1.82, 2.24) is 15.5 Å². The number of aryl methyl sites for hydroxylation is 1. The van der Waals surface area contributed by atoms with Gasteiger partial charge in [0.25, 0.3) is 0 Å². The molecule has 1 aliphatic rings. The molecule has 0 bridgehead atoms. The van der Waals surface area contributed by atoms with E-state index >= 15 is 0 Å². The summed E-state index contributed by atoms with van der Waals surface area (Å²) >= 11 is 0. The second kappa shape index (κ2) is 3.89. The number of rotatable bonds is 2. The highest BCUT2D eigenvalue weighted by Gasteiger charge is 2.27. The summed E-state index contributed by atoms with van der Waals surface area (Å²) in [4.78, 5) is 0. The lowest BCUT2D eigenvalue weighted by molar-refractivity contribution is 0.475. The fourth-order valence-electron chi connectivity index (χ4n) is 2.55. The number of hydrogen-bond donors (Lipinski definition) is 3. The molecule has 1 aromatic heterocycles. The van der Waals surface area contributed by atoms with Crippen molar-refractivity contribution >= 4 is 0 Å². The normalized spacial score (nSPS) is 18.3. The van der Waals surface area contributed by atoms with Crippen LogP contribution in [-0.2, 0) is 6.42 Å². The van der Waals surface area contributed by atoms with Gasteiger partial charge in [0.05, 0.1) is 5.69 Å². The molecule has 3 rings (SSSR count). The fraction of sp³-hybridized carbons (Fsp3) is 0.308. The van der Waals surface area contributed by atoms with Crippen LogP contribution in [0.1, 0.15) is 23.7 Å². The molecule has 0 spiro atoms. The number of fused-ring (bicyclic) bond motifs is 1.